The van der Waals surface area contributed by atoms with Gasteiger partial charge in [0.05, 0.1) is 0 Å². The van der Waals surface area contributed by atoms with E-state index < -0.39 is 0 Å². The van der Waals surface area contributed by atoms with Gasteiger partial charge in [0.25, 0.3) is 0 Å². The fourth-order valence-electron chi connectivity index (χ4n) is 1.60. The zero-order valence-electron chi connectivity index (χ0n) is 7.84. The first-order chi connectivity index (χ1) is 6.15. The predicted octanol–water partition coefficient (Wildman–Crippen LogP) is 1.29. The molecule has 0 aliphatic heterocycles. The van der Waals surface area contributed by atoms with Gasteiger partial charge in [0, 0.05) is 25.2 Å². The summed E-state index contributed by atoms with van der Waals surface area (Å²) >= 11 is 0. The zero-order chi connectivity index (χ0) is 9.84. The average molecular weight is 182 g/mol. The smallest absolute Gasteiger partial charge is 0.201 e. The number of Topliss-reactive ketones (excluding diaryl/α,β-unsaturated/α-hetero) is 3. The lowest BCUT2D eigenvalue weighted by atomic mass is 9.87. The van der Waals surface area contributed by atoms with Crippen molar-refractivity contribution in [1.82, 2.24) is 0 Å². The molecular weight excluding hydrogens is 168 g/mol. The molecule has 13 heavy (non-hydrogen) atoms. The Kier molecular flexibility index (Phi) is 3.34. The lowest BCUT2D eigenvalue weighted by Crippen LogP contribution is -2.27. The van der Waals surface area contributed by atoms with Gasteiger partial charge in [0.2, 0.25) is 5.78 Å². The van der Waals surface area contributed by atoms with Crippen molar-refractivity contribution < 1.29 is 14.4 Å². The molecule has 3 heteroatoms. The van der Waals surface area contributed by atoms with E-state index in [4.69, 9.17) is 0 Å². The first kappa shape index (κ1) is 10.1. The van der Waals surface area contributed by atoms with Crippen LogP contribution in [0.1, 0.15) is 39.0 Å². The molecule has 72 valence electrons. The Bertz CT molecular complexity index is 243. The van der Waals surface area contributed by atoms with Crippen LogP contribution in [0, 0.1) is 5.92 Å². The van der Waals surface area contributed by atoms with Crippen molar-refractivity contribution in [1.29, 1.82) is 0 Å². The minimum absolute atomic E-state index is 0.118. The molecule has 0 spiro atoms. The Morgan fingerprint density at radius 3 is 2.54 bits per heavy atom. The fourth-order valence-corrected chi connectivity index (χ4v) is 1.60. The van der Waals surface area contributed by atoms with Crippen LogP contribution in [0.4, 0.5) is 0 Å². The van der Waals surface area contributed by atoms with Crippen molar-refractivity contribution >= 4 is 17.3 Å². The van der Waals surface area contributed by atoms with Crippen LogP contribution >= 0.6 is 0 Å². The van der Waals surface area contributed by atoms with Crippen LogP contribution in [0.15, 0.2) is 0 Å². The Hall–Kier alpha value is -0.990. The van der Waals surface area contributed by atoms with Crippen LogP contribution in [0.25, 0.3) is 0 Å². The second-order valence-corrected chi connectivity index (χ2v) is 3.49. The average Bonchev–Trinajstić information content (AvgIpc) is 2.11. The maximum atomic E-state index is 11.4. The minimum Gasteiger partial charge on any atom is -0.300 e. The van der Waals surface area contributed by atoms with E-state index in [0.717, 1.165) is 0 Å². The summed E-state index contributed by atoms with van der Waals surface area (Å²) < 4.78 is 0. The monoisotopic (exact) mass is 182 g/mol. The number of hydrogen-bond acceptors (Lipinski definition) is 3. The number of hydrogen-bond donors (Lipinski definition) is 0. The molecule has 1 fully saturated rings. The summed E-state index contributed by atoms with van der Waals surface area (Å²) in [7, 11) is 0. The Balaban J connectivity index is 2.72. The highest BCUT2D eigenvalue weighted by molar-refractivity contribution is 6.38. The van der Waals surface area contributed by atoms with Crippen LogP contribution in [0.5, 0.6) is 0 Å². The van der Waals surface area contributed by atoms with Gasteiger partial charge in [-0.15, -0.1) is 0 Å². The maximum Gasteiger partial charge on any atom is 0.201 e. The van der Waals surface area contributed by atoms with E-state index in [-0.39, 0.29) is 36.1 Å². The molecule has 0 N–H and O–H groups in total. The Morgan fingerprint density at radius 2 is 1.92 bits per heavy atom. The van der Waals surface area contributed by atoms with Crippen molar-refractivity contribution in [3.05, 3.63) is 0 Å². The number of carbonyl (C=O) groups excluding carboxylic acids is 3. The van der Waals surface area contributed by atoms with Gasteiger partial charge < -0.3 is 0 Å². The molecule has 0 bridgehead atoms. The summed E-state index contributed by atoms with van der Waals surface area (Å²) in [6.07, 6.45) is 2.10. The number of rotatable bonds is 1. The van der Waals surface area contributed by atoms with E-state index in [1.807, 2.05) is 6.92 Å². The molecule has 1 rings (SSSR count). The van der Waals surface area contributed by atoms with E-state index in [1.54, 1.807) is 0 Å². The van der Waals surface area contributed by atoms with Gasteiger partial charge in [-0.2, -0.15) is 0 Å². The van der Waals surface area contributed by atoms with Crippen molar-refractivity contribution in [3.8, 4) is 0 Å². The summed E-state index contributed by atoms with van der Waals surface area (Å²) in [5.41, 5.74) is 0. The second-order valence-electron chi connectivity index (χ2n) is 3.49. The molecule has 0 amide bonds. The van der Waals surface area contributed by atoms with Crippen molar-refractivity contribution in [2.24, 2.45) is 5.92 Å². The summed E-state index contributed by atoms with van der Waals surface area (Å²) in [4.78, 5) is 33.7. The maximum absolute atomic E-state index is 11.4. The van der Waals surface area contributed by atoms with Crippen molar-refractivity contribution in [2.75, 3.05) is 0 Å². The summed E-state index contributed by atoms with van der Waals surface area (Å²) in [5.74, 6) is -0.858. The van der Waals surface area contributed by atoms with Crippen molar-refractivity contribution in [2.45, 2.75) is 39.0 Å². The minimum atomic E-state index is -0.347. The molecule has 0 heterocycles. The third-order valence-electron chi connectivity index (χ3n) is 2.47. The van der Waals surface area contributed by atoms with Crippen LogP contribution in [-0.4, -0.2) is 17.3 Å². The normalized spacial score (nSPS) is 25.6. The topological polar surface area (TPSA) is 51.2 Å². The standard InChI is InChI=1S/C10H14O3/c1-2-7-6-8(11)4-3-5-9(12)10(7)13/h7H,2-6H2,1H3. The van der Waals surface area contributed by atoms with Gasteiger partial charge in [0.15, 0.2) is 5.78 Å². The molecule has 0 aromatic carbocycles. The van der Waals surface area contributed by atoms with E-state index >= 15 is 0 Å². The number of carbonyl (C=O) groups is 3. The molecule has 1 aliphatic rings. The fraction of sp³-hybridized carbons (Fsp3) is 0.700. The van der Waals surface area contributed by atoms with Gasteiger partial charge in [-0.3, -0.25) is 14.4 Å². The van der Waals surface area contributed by atoms with Gasteiger partial charge in [-0.05, 0) is 12.8 Å². The summed E-state index contributed by atoms with van der Waals surface area (Å²) in [6, 6.07) is 0. The molecule has 0 aromatic rings. The highest BCUT2D eigenvalue weighted by atomic mass is 16.2. The van der Waals surface area contributed by atoms with Gasteiger partial charge in [0.1, 0.15) is 5.78 Å². The lowest BCUT2D eigenvalue weighted by molar-refractivity contribution is -0.141. The molecule has 1 aliphatic carbocycles. The van der Waals surface area contributed by atoms with E-state index in [9.17, 15) is 14.4 Å². The molecule has 0 aromatic heterocycles. The van der Waals surface area contributed by atoms with Crippen LogP contribution < -0.4 is 0 Å². The third-order valence-corrected chi connectivity index (χ3v) is 2.47. The SMILES string of the molecule is CCC1CC(=O)CCCC(=O)C1=O. The van der Waals surface area contributed by atoms with Crippen LogP contribution in [0.3, 0.4) is 0 Å². The Morgan fingerprint density at radius 1 is 1.23 bits per heavy atom. The molecule has 0 saturated heterocycles. The van der Waals surface area contributed by atoms with E-state index in [2.05, 4.69) is 0 Å². The zero-order valence-corrected chi connectivity index (χ0v) is 7.84. The van der Waals surface area contributed by atoms with E-state index in [1.165, 1.54) is 0 Å². The molecule has 1 atom stereocenters. The highest BCUT2D eigenvalue weighted by Crippen LogP contribution is 2.17. The second kappa shape index (κ2) is 4.30. The summed E-state index contributed by atoms with van der Waals surface area (Å²) in [5, 5.41) is 0. The molecule has 1 saturated carbocycles. The first-order valence-corrected chi connectivity index (χ1v) is 4.74. The first-order valence-electron chi connectivity index (χ1n) is 4.74. The molecule has 1 unspecified atom stereocenters. The van der Waals surface area contributed by atoms with Gasteiger partial charge in [-0.1, -0.05) is 6.92 Å². The molecular formula is C10H14O3. The van der Waals surface area contributed by atoms with Crippen LogP contribution in [0.2, 0.25) is 0 Å². The highest BCUT2D eigenvalue weighted by Gasteiger charge is 2.27. The van der Waals surface area contributed by atoms with Gasteiger partial charge >= 0.3 is 0 Å². The Labute approximate surface area is 77.5 Å². The molecule has 3 nitrogen and oxygen atoms in total. The largest absolute Gasteiger partial charge is 0.300 e. The lowest BCUT2D eigenvalue weighted by Gasteiger charge is -2.14. The quantitative estimate of drug-likeness (QED) is 0.574. The molecule has 0 radical (unpaired) electrons. The predicted molar refractivity (Wildman–Crippen MR) is 47.3 cm³/mol. The van der Waals surface area contributed by atoms with Crippen LogP contribution in [-0.2, 0) is 14.4 Å². The van der Waals surface area contributed by atoms with Crippen molar-refractivity contribution in [3.63, 3.8) is 0 Å². The third kappa shape index (κ3) is 2.47. The number of ketones is 3. The van der Waals surface area contributed by atoms with E-state index in [0.29, 0.717) is 19.3 Å². The van der Waals surface area contributed by atoms with Gasteiger partial charge in [-0.25, -0.2) is 0 Å². The summed E-state index contributed by atoms with van der Waals surface area (Å²) in [6.45, 7) is 1.84.